The van der Waals surface area contributed by atoms with Gasteiger partial charge in [0.25, 0.3) is 5.91 Å². The predicted molar refractivity (Wildman–Crippen MR) is 192 cm³/mol. The maximum absolute atomic E-state index is 12.6. The monoisotopic (exact) mass is 695 g/mol. The number of hydrogen-bond donors (Lipinski definition) is 2. The number of carbonyl (C=O) groups excluding carboxylic acids is 1. The molecule has 0 fully saturated rings. The minimum absolute atomic E-state index is 0.124. The summed E-state index contributed by atoms with van der Waals surface area (Å²) < 4.78 is 45.5. The second-order valence-electron chi connectivity index (χ2n) is 11.6. The van der Waals surface area contributed by atoms with E-state index in [9.17, 15) is 4.79 Å². The van der Waals surface area contributed by atoms with Crippen LogP contribution in [0, 0.1) is 0 Å². The third-order valence-electron chi connectivity index (χ3n) is 8.49. The molecule has 266 valence electrons. The third-order valence-corrected chi connectivity index (χ3v) is 8.49. The number of nitrogens with one attached hydrogen (secondary N) is 2. The normalized spacial score (nSPS) is 13.4. The van der Waals surface area contributed by atoms with E-state index in [0.717, 1.165) is 41.6 Å². The number of hydrogen-bond acceptors (Lipinski definition) is 11. The molecule has 0 radical (unpaired) electrons. The van der Waals surface area contributed by atoms with Crippen LogP contribution < -0.4 is 43.8 Å². The molecule has 0 aliphatic carbocycles. The van der Waals surface area contributed by atoms with Crippen LogP contribution in [-0.2, 0) is 0 Å². The zero-order valence-electron chi connectivity index (χ0n) is 29.2. The molecule has 4 aromatic carbocycles. The topological polar surface area (TPSA) is 132 Å². The van der Waals surface area contributed by atoms with Crippen molar-refractivity contribution in [2.75, 3.05) is 54.1 Å². The van der Waals surface area contributed by atoms with Crippen LogP contribution in [0.4, 0.5) is 5.69 Å². The summed E-state index contributed by atoms with van der Waals surface area (Å²) >= 11 is 0. The summed E-state index contributed by atoms with van der Waals surface area (Å²) in [5.74, 6) is 4.42. The molecule has 0 saturated carbocycles. The highest BCUT2D eigenvalue weighted by atomic mass is 16.5. The summed E-state index contributed by atoms with van der Waals surface area (Å²) in [5, 5.41) is 10.7. The van der Waals surface area contributed by atoms with Gasteiger partial charge in [0.15, 0.2) is 40.3 Å². The number of methoxy groups -OCH3 is 5. The molecule has 1 aliphatic heterocycles. The average molecular weight is 696 g/mol. The lowest BCUT2D eigenvalue weighted by molar-refractivity contribution is 0.0935. The number of rotatable bonds is 16. The molecule has 1 atom stereocenters. The highest BCUT2D eigenvalue weighted by Gasteiger charge is 2.25. The minimum atomic E-state index is -0.378. The van der Waals surface area contributed by atoms with Crippen LogP contribution in [0.2, 0.25) is 0 Å². The van der Waals surface area contributed by atoms with Gasteiger partial charge in [-0.2, -0.15) is 0 Å². The van der Waals surface area contributed by atoms with Crippen molar-refractivity contribution in [3.63, 3.8) is 0 Å². The van der Waals surface area contributed by atoms with Gasteiger partial charge >= 0.3 is 0 Å². The van der Waals surface area contributed by atoms with Gasteiger partial charge in [0.1, 0.15) is 11.9 Å². The van der Waals surface area contributed by atoms with E-state index >= 15 is 0 Å². The first-order valence-electron chi connectivity index (χ1n) is 16.5. The number of nitrogens with zero attached hydrogens (tertiary/aromatic N) is 1. The Hall–Kier alpha value is -6.04. The van der Waals surface area contributed by atoms with Crippen molar-refractivity contribution in [3.05, 3.63) is 90.0 Å². The van der Waals surface area contributed by atoms with Crippen LogP contribution in [0.5, 0.6) is 40.2 Å². The number of carbonyl (C=O) groups is 1. The van der Waals surface area contributed by atoms with Gasteiger partial charge in [-0.15, -0.1) is 0 Å². The Bertz CT molecular complexity index is 1950. The molecule has 51 heavy (non-hydrogen) atoms. The van der Waals surface area contributed by atoms with Crippen LogP contribution in [0.25, 0.3) is 22.6 Å². The van der Waals surface area contributed by atoms with Crippen molar-refractivity contribution < 1.29 is 42.5 Å². The first-order valence-corrected chi connectivity index (χ1v) is 16.5. The number of aromatic nitrogens is 1. The van der Waals surface area contributed by atoms with E-state index in [1.165, 1.54) is 0 Å². The van der Waals surface area contributed by atoms with E-state index in [2.05, 4.69) is 15.8 Å². The standard InChI is InChI=1S/C39H41N3O9/c1-44-30-15-13-24(29-23-32(51-42-29)26-21-35(46-3)37(48-5)36(22-26)47-4)19-34(30)50-18-10-6-9-17-49-31-16-14-25(20-33(31)45-2)38-40-28-12-8-7-11-27(28)39(43)41-38/h7-8,11-16,19-23,38,40H,6,9-10,17-18H2,1-5H3,(H,41,43). The first kappa shape index (κ1) is 34.8. The second-order valence-corrected chi connectivity index (χ2v) is 11.6. The van der Waals surface area contributed by atoms with Crippen LogP contribution in [0.15, 0.2) is 83.4 Å². The van der Waals surface area contributed by atoms with E-state index in [-0.39, 0.29) is 12.1 Å². The van der Waals surface area contributed by atoms with Crippen molar-refractivity contribution in [3.8, 4) is 62.8 Å². The fraction of sp³-hybridized carbons (Fsp3) is 0.282. The lowest BCUT2D eigenvalue weighted by Gasteiger charge is -2.28. The molecule has 1 amide bonds. The van der Waals surface area contributed by atoms with Gasteiger partial charge in [0.2, 0.25) is 5.75 Å². The van der Waals surface area contributed by atoms with E-state index in [0.29, 0.717) is 70.5 Å². The molecule has 0 spiro atoms. The van der Waals surface area contributed by atoms with Crippen molar-refractivity contribution in [1.82, 2.24) is 10.5 Å². The van der Waals surface area contributed by atoms with Gasteiger partial charge in [0.05, 0.1) is 54.3 Å². The number of ether oxygens (including phenoxy) is 7. The summed E-state index contributed by atoms with van der Waals surface area (Å²) in [6.07, 6.45) is 2.15. The lowest BCUT2D eigenvalue weighted by Crippen LogP contribution is -2.38. The zero-order valence-corrected chi connectivity index (χ0v) is 29.2. The summed E-state index contributed by atoms with van der Waals surface area (Å²) in [6, 6.07) is 24.2. The predicted octanol–water partition coefficient (Wildman–Crippen LogP) is 7.53. The molecule has 1 aliphatic rings. The number of fused-ring (bicyclic) bond motifs is 1. The fourth-order valence-corrected chi connectivity index (χ4v) is 5.82. The maximum Gasteiger partial charge on any atom is 0.255 e. The number of benzene rings is 4. The largest absolute Gasteiger partial charge is 0.493 e. The quantitative estimate of drug-likeness (QED) is 0.0993. The Labute approximate surface area is 296 Å². The molecular formula is C39H41N3O9. The highest BCUT2D eigenvalue weighted by molar-refractivity contribution is 6.01. The van der Waals surface area contributed by atoms with E-state index in [1.807, 2.05) is 72.8 Å². The van der Waals surface area contributed by atoms with Crippen molar-refractivity contribution in [1.29, 1.82) is 0 Å². The summed E-state index contributed by atoms with van der Waals surface area (Å²) in [6.45, 7) is 1.01. The Morgan fingerprint density at radius 1 is 0.627 bits per heavy atom. The Kier molecular flexibility index (Phi) is 11.0. The Morgan fingerprint density at radius 3 is 2.00 bits per heavy atom. The van der Waals surface area contributed by atoms with Crippen LogP contribution in [0.1, 0.15) is 41.3 Å². The van der Waals surface area contributed by atoms with E-state index in [4.69, 9.17) is 37.7 Å². The molecule has 5 aromatic rings. The summed E-state index contributed by atoms with van der Waals surface area (Å²) in [5.41, 5.74) is 4.45. The number of anilines is 1. The van der Waals surface area contributed by atoms with Gasteiger partial charge in [-0.05, 0) is 79.4 Å². The van der Waals surface area contributed by atoms with Crippen LogP contribution in [0.3, 0.4) is 0 Å². The average Bonchev–Trinajstić information content (AvgIpc) is 3.67. The van der Waals surface area contributed by atoms with E-state index in [1.54, 1.807) is 41.6 Å². The molecule has 12 nitrogen and oxygen atoms in total. The van der Waals surface area contributed by atoms with Crippen molar-refractivity contribution in [2.24, 2.45) is 0 Å². The van der Waals surface area contributed by atoms with Gasteiger partial charge < -0.3 is 48.3 Å². The highest BCUT2D eigenvalue weighted by Crippen LogP contribution is 2.42. The van der Waals surface area contributed by atoms with Gasteiger partial charge in [-0.3, -0.25) is 4.79 Å². The third kappa shape index (κ3) is 7.75. The van der Waals surface area contributed by atoms with Crippen LogP contribution in [-0.4, -0.2) is 59.8 Å². The molecule has 0 bridgehead atoms. The van der Waals surface area contributed by atoms with E-state index < -0.39 is 0 Å². The molecule has 6 rings (SSSR count). The molecule has 2 N–H and O–H groups in total. The second kappa shape index (κ2) is 16.1. The SMILES string of the molecule is COc1cc(C2NC(=O)c3ccccc3N2)ccc1OCCCCCOc1cc(-c2cc(-c3cc(OC)c(OC)c(OC)c3)on2)ccc1OC. The molecule has 2 heterocycles. The van der Waals surface area contributed by atoms with Gasteiger partial charge in [-0.25, -0.2) is 0 Å². The van der Waals surface area contributed by atoms with Crippen molar-refractivity contribution >= 4 is 11.6 Å². The number of para-hydroxylation sites is 1. The van der Waals surface area contributed by atoms with Crippen molar-refractivity contribution in [2.45, 2.75) is 25.4 Å². The Balaban J connectivity index is 1.01. The minimum Gasteiger partial charge on any atom is -0.493 e. The number of unbranched alkanes of at least 4 members (excludes halogenated alkanes) is 2. The maximum atomic E-state index is 12.6. The molecule has 12 heteroatoms. The fourth-order valence-electron chi connectivity index (χ4n) is 5.82. The van der Waals surface area contributed by atoms with Gasteiger partial charge in [-0.1, -0.05) is 23.4 Å². The van der Waals surface area contributed by atoms with Crippen LogP contribution >= 0.6 is 0 Å². The molecule has 1 aromatic heterocycles. The summed E-state index contributed by atoms with van der Waals surface area (Å²) in [7, 11) is 7.90. The molecular weight excluding hydrogens is 654 g/mol. The first-order chi connectivity index (χ1) is 25.0. The smallest absolute Gasteiger partial charge is 0.255 e. The molecule has 1 unspecified atom stereocenters. The lowest BCUT2D eigenvalue weighted by atomic mass is 10.1. The Morgan fingerprint density at radius 2 is 1.29 bits per heavy atom. The molecule has 0 saturated heterocycles. The number of amides is 1. The van der Waals surface area contributed by atoms with Gasteiger partial charge in [0, 0.05) is 22.9 Å². The zero-order chi connectivity index (χ0) is 35.7. The summed E-state index contributed by atoms with van der Waals surface area (Å²) in [4.78, 5) is 12.6.